The molecule has 3 nitrogen and oxygen atoms in total. The Hall–Kier alpha value is -2.08. The zero-order chi connectivity index (χ0) is 10.7. The maximum absolute atomic E-state index is 8.63. The molecule has 15 heavy (non-hydrogen) atoms. The van der Waals surface area contributed by atoms with Crippen LogP contribution in [0.5, 0.6) is 0 Å². The van der Waals surface area contributed by atoms with Crippen molar-refractivity contribution in [3.63, 3.8) is 0 Å². The number of aromatic nitrogens is 2. The highest BCUT2D eigenvalue weighted by Gasteiger charge is 2.00. The topological polar surface area (TPSA) is 41.6 Å². The van der Waals surface area contributed by atoms with Crippen LogP contribution in [0.3, 0.4) is 0 Å². The summed E-state index contributed by atoms with van der Waals surface area (Å²) in [6, 6.07) is 10.1. The van der Waals surface area contributed by atoms with Gasteiger partial charge >= 0.3 is 0 Å². The lowest BCUT2D eigenvalue weighted by Gasteiger charge is -2.05. The van der Waals surface area contributed by atoms with Gasteiger partial charge in [0, 0.05) is 18.1 Å². The Balaban J connectivity index is 2.42. The average molecular weight is 197 g/mol. The van der Waals surface area contributed by atoms with Gasteiger partial charge in [-0.2, -0.15) is 5.26 Å². The molecule has 3 heteroatoms. The van der Waals surface area contributed by atoms with Crippen molar-refractivity contribution in [1.82, 2.24) is 9.55 Å². The highest BCUT2D eigenvalue weighted by atomic mass is 15.1. The highest BCUT2D eigenvalue weighted by Crippen LogP contribution is 2.12. The quantitative estimate of drug-likeness (QED) is 0.740. The van der Waals surface area contributed by atoms with Crippen molar-refractivity contribution >= 4 is 0 Å². The zero-order valence-corrected chi connectivity index (χ0v) is 8.51. The predicted molar refractivity (Wildman–Crippen MR) is 57.6 cm³/mol. The van der Waals surface area contributed by atoms with E-state index in [4.69, 9.17) is 5.26 Å². The van der Waals surface area contributed by atoms with E-state index in [1.54, 1.807) is 6.20 Å². The first-order chi connectivity index (χ1) is 7.31. The minimum Gasteiger partial charge on any atom is -0.304 e. The van der Waals surface area contributed by atoms with E-state index in [-0.39, 0.29) is 0 Å². The van der Waals surface area contributed by atoms with Gasteiger partial charge in [0.2, 0.25) is 0 Å². The Morgan fingerprint density at radius 2 is 2.33 bits per heavy atom. The second kappa shape index (κ2) is 3.97. The molecule has 0 saturated carbocycles. The van der Waals surface area contributed by atoms with E-state index in [1.807, 2.05) is 42.0 Å². The summed E-state index contributed by atoms with van der Waals surface area (Å²) in [4.78, 5) is 4.17. The molecule has 2 aromatic rings. The molecular formula is C12H11N3. The van der Waals surface area contributed by atoms with E-state index >= 15 is 0 Å². The van der Waals surface area contributed by atoms with E-state index in [2.05, 4.69) is 11.1 Å². The van der Waals surface area contributed by atoms with Crippen molar-refractivity contribution in [2.24, 2.45) is 0 Å². The molecule has 0 spiro atoms. The number of imidazole rings is 1. The molecule has 74 valence electrons. The summed E-state index contributed by atoms with van der Waals surface area (Å²) in [5, 5.41) is 8.63. The first-order valence-corrected chi connectivity index (χ1v) is 4.77. The van der Waals surface area contributed by atoms with E-state index in [1.165, 1.54) is 0 Å². The van der Waals surface area contributed by atoms with Crippen LogP contribution < -0.4 is 0 Å². The highest BCUT2D eigenvalue weighted by molar-refractivity contribution is 5.37. The molecule has 1 heterocycles. The Morgan fingerprint density at radius 3 is 3.00 bits per heavy atom. The lowest BCUT2D eigenvalue weighted by Crippen LogP contribution is -1.96. The van der Waals surface area contributed by atoms with E-state index < -0.39 is 0 Å². The zero-order valence-electron chi connectivity index (χ0n) is 8.51. The van der Waals surface area contributed by atoms with E-state index in [0.29, 0.717) is 6.42 Å². The van der Waals surface area contributed by atoms with Crippen molar-refractivity contribution in [3.8, 4) is 11.8 Å². The monoisotopic (exact) mass is 197 g/mol. The van der Waals surface area contributed by atoms with Crippen molar-refractivity contribution in [2.45, 2.75) is 13.3 Å². The third-order valence-electron chi connectivity index (χ3n) is 2.30. The third kappa shape index (κ3) is 1.89. The molecule has 0 atom stereocenters. The predicted octanol–water partition coefficient (Wildman–Crippen LogP) is 2.25. The molecule has 0 N–H and O–H groups in total. The average Bonchev–Trinajstić information content (AvgIpc) is 2.65. The summed E-state index contributed by atoms with van der Waals surface area (Å²) in [6.45, 7) is 1.96. The van der Waals surface area contributed by atoms with Crippen molar-refractivity contribution in [3.05, 3.63) is 48.0 Å². The van der Waals surface area contributed by atoms with Crippen LogP contribution in [-0.2, 0) is 6.42 Å². The standard InChI is InChI=1S/C12H11N3/c1-10-14-7-8-15(10)12-4-2-3-11(9-12)5-6-13/h2-4,7-9H,5H2,1H3. The number of hydrogen-bond donors (Lipinski definition) is 0. The number of rotatable bonds is 2. The normalized spacial score (nSPS) is 9.87. The second-order valence-corrected chi connectivity index (χ2v) is 3.35. The maximum atomic E-state index is 8.63. The van der Waals surface area contributed by atoms with Gasteiger partial charge in [-0.15, -0.1) is 0 Å². The molecule has 1 aromatic heterocycles. The van der Waals surface area contributed by atoms with Crippen molar-refractivity contribution in [1.29, 1.82) is 5.26 Å². The van der Waals surface area contributed by atoms with Gasteiger partial charge in [-0.25, -0.2) is 4.98 Å². The van der Waals surface area contributed by atoms with Crippen LogP contribution in [0.2, 0.25) is 0 Å². The molecule has 0 bridgehead atoms. The van der Waals surface area contributed by atoms with Gasteiger partial charge in [0.05, 0.1) is 12.5 Å². The van der Waals surface area contributed by atoms with Gasteiger partial charge < -0.3 is 4.57 Å². The van der Waals surface area contributed by atoms with Crippen LogP contribution in [0.4, 0.5) is 0 Å². The molecule has 0 fully saturated rings. The fourth-order valence-corrected chi connectivity index (χ4v) is 1.56. The molecule has 1 aromatic carbocycles. The number of aryl methyl sites for hydroxylation is 1. The molecule has 0 amide bonds. The Kier molecular flexibility index (Phi) is 2.51. The molecule has 0 aliphatic rings. The minimum absolute atomic E-state index is 0.446. The SMILES string of the molecule is Cc1nccn1-c1cccc(CC#N)c1. The van der Waals surface area contributed by atoms with Crippen LogP contribution in [0, 0.1) is 18.3 Å². The number of hydrogen-bond acceptors (Lipinski definition) is 2. The third-order valence-corrected chi connectivity index (χ3v) is 2.30. The lowest BCUT2D eigenvalue weighted by atomic mass is 10.1. The summed E-state index contributed by atoms with van der Waals surface area (Å²) >= 11 is 0. The maximum Gasteiger partial charge on any atom is 0.110 e. The second-order valence-electron chi connectivity index (χ2n) is 3.35. The van der Waals surface area contributed by atoms with Crippen molar-refractivity contribution < 1.29 is 0 Å². The summed E-state index contributed by atoms with van der Waals surface area (Å²) in [5.74, 6) is 0.948. The molecule has 0 radical (unpaired) electrons. The fraction of sp³-hybridized carbons (Fsp3) is 0.167. The van der Waals surface area contributed by atoms with Crippen molar-refractivity contribution in [2.75, 3.05) is 0 Å². The van der Waals surface area contributed by atoms with E-state index in [0.717, 1.165) is 17.1 Å². The number of benzene rings is 1. The molecule has 0 unspecified atom stereocenters. The largest absolute Gasteiger partial charge is 0.304 e. The van der Waals surface area contributed by atoms with Crippen LogP contribution in [-0.4, -0.2) is 9.55 Å². The molecule has 2 rings (SSSR count). The van der Waals surface area contributed by atoms with Gasteiger partial charge in [-0.1, -0.05) is 12.1 Å². The minimum atomic E-state index is 0.446. The summed E-state index contributed by atoms with van der Waals surface area (Å²) in [5.41, 5.74) is 2.08. The number of nitrogens with zero attached hydrogens (tertiary/aromatic N) is 3. The smallest absolute Gasteiger partial charge is 0.110 e. The van der Waals surface area contributed by atoms with Crippen LogP contribution in [0.15, 0.2) is 36.7 Å². The first kappa shape index (κ1) is 9.47. The Bertz CT molecular complexity index is 506. The molecule has 0 aliphatic heterocycles. The van der Waals surface area contributed by atoms with Gasteiger partial charge in [0.25, 0.3) is 0 Å². The molecular weight excluding hydrogens is 186 g/mol. The molecule has 0 aliphatic carbocycles. The van der Waals surface area contributed by atoms with Crippen LogP contribution >= 0.6 is 0 Å². The number of nitriles is 1. The van der Waals surface area contributed by atoms with Crippen LogP contribution in [0.25, 0.3) is 5.69 Å². The first-order valence-electron chi connectivity index (χ1n) is 4.77. The van der Waals surface area contributed by atoms with E-state index in [9.17, 15) is 0 Å². The van der Waals surface area contributed by atoms with Gasteiger partial charge in [0.1, 0.15) is 5.82 Å². The Morgan fingerprint density at radius 1 is 1.47 bits per heavy atom. The summed E-state index contributed by atoms with van der Waals surface area (Å²) in [7, 11) is 0. The van der Waals surface area contributed by atoms with Gasteiger partial charge in [-0.3, -0.25) is 0 Å². The van der Waals surface area contributed by atoms with Crippen LogP contribution in [0.1, 0.15) is 11.4 Å². The summed E-state index contributed by atoms with van der Waals surface area (Å²) < 4.78 is 2.00. The Labute approximate surface area is 88.6 Å². The van der Waals surface area contributed by atoms with Gasteiger partial charge in [0.15, 0.2) is 0 Å². The lowest BCUT2D eigenvalue weighted by molar-refractivity contribution is 0.971. The van der Waals surface area contributed by atoms with Gasteiger partial charge in [-0.05, 0) is 24.6 Å². The molecule has 0 saturated heterocycles. The fourth-order valence-electron chi connectivity index (χ4n) is 1.56. The summed E-state index contributed by atoms with van der Waals surface area (Å²) in [6.07, 6.45) is 4.13.